The van der Waals surface area contributed by atoms with Crippen LogP contribution in [0, 0.1) is 0 Å². The number of benzene rings is 1. The average Bonchev–Trinajstić information content (AvgIpc) is 3.24. The van der Waals surface area contributed by atoms with Gasteiger partial charge in [0.15, 0.2) is 0 Å². The molecular formula is C18H24N2O5S3. The third kappa shape index (κ3) is 4.74. The standard InChI is InChI=1S/C18H24N2O5S3/c1-25-16-7-9-17(10-8-16)27(21,22)19-12-11-15-5-2-3-13-20(15)28(23,24)18-6-4-14-26-18/h4,6-10,14-15,19H,2-3,5,11-13H2,1H3. The highest BCUT2D eigenvalue weighted by molar-refractivity contribution is 7.91. The minimum absolute atomic E-state index is 0.153. The number of hydrogen-bond acceptors (Lipinski definition) is 6. The molecule has 1 N–H and O–H groups in total. The molecule has 2 heterocycles. The minimum atomic E-state index is -3.65. The van der Waals surface area contributed by atoms with Gasteiger partial charge in [-0.1, -0.05) is 12.5 Å². The van der Waals surface area contributed by atoms with Crippen LogP contribution in [0.2, 0.25) is 0 Å². The molecule has 0 radical (unpaired) electrons. The number of rotatable bonds is 8. The average molecular weight is 445 g/mol. The van der Waals surface area contributed by atoms with Gasteiger partial charge in [0.1, 0.15) is 9.96 Å². The molecule has 2 aromatic rings. The molecule has 1 fully saturated rings. The quantitative estimate of drug-likeness (QED) is 0.676. The van der Waals surface area contributed by atoms with Gasteiger partial charge in [-0.3, -0.25) is 0 Å². The summed E-state index contributed by atoms with van der Waals surface area (Å²) >= 11 is 1.20. The molecule has 3 rings (SSSR count). The minimum Gasteiger partial charge on any atom is -0.497 e. The van der Waals surface area contributed by atoms with E-state index in [1.54, 1.807) is 29.6 Å². The third-order valence-corrected chi connectivity index (χ3v) is 9.57. The largest absolute Gasteiger partial charge is 0.497 e. The van der Waals surface area contributed by atoms with Crippen molar-refractivity contribution in [2.75, 3.05) is 20.2 Å². The van der Waals surface area contributed by atoms with Gasteiger partial charge < -0.3 is 4.74 Å². The smallest absolute Gasteiger partial charge is 0.252 e. The lowest BCUT2D eigenvalue weighted by atomic mass is 10.0. The Morgan fingerprint density at radius 1 is 1.14 bits per heavy atom. The molecule has 1 aromatic carbocycles. The Balaban J connectivity index is 1.65. The molecular weight excluding hydrogens is 420 g/mol. The second-order valence-electron chi connectivity index (χ2n) is 6.56. The van der Waals surface area contributed by atoms with Crippen LogP contribution in [0.3, 0.4) is 0 Å². The van der Waals surface area contributed by atoms with Crippen molar-refractivity contribution in [2.45, 2.75) is 40.8 Å². The number of ether oxygens (including phenoxy) is 1. The summed E-state index contributed by atoms with van der Waals surface area (Å²) in [5, 5.41) is 1.74. The van der Waals surface area contributed by atoms with Gasteiger partial charge in [-0.05, 0) is 55.0 Å². The first-order valence-electron chi connectivity index (χ1n) is 9.03. The van der Waals surface area contributed by atoms with Crippen molar-refractivity contribution < 1.29 is 21.6 Å². The van der Waals surface area contributed by atoms with Crippen molar-refractivity contribution >= 4 is 31.4 Å². The van der Waals surface area contributed by atoms with Crippen LogP contribution in [0.4, 0.5) is 0 Å². The molecule has 1 unspecified atom stereocenters. The van der Waals surface area contributed by atoms with E-state index >= 15 is 0 Å². The summed E-state index contributed by atoms with van der Waals surface area (Å²) < 4.78 is 60.2. The summed E-state index contributed by atoms with van der Waals surface area (Å²) in [7, 11) is -5.67. The van der Waals surface area contributed by atoms with Gasteiger partial charge in [0.2, 0.25) is 10.0 Å². The zero-order valence-corrected chi connectivity index (χ0v) is 18.0. The monoisotopic (exact) mass is 444 g/mol. The molecule has 1 atom stereocenters. The molecule has 0 bridgehead atoms. The summed E-state index contributed by atoms with van der Waals surface area (Å²) in [6, 6.07) is 9.26. The topological polar surface area (TPSA) is 92.8 Å². The summed E-state index contributed by atoms with van der Waals surface area (Å²) in [6.07, 6.45) is 2.92. The van der Waals surface area contributed by atoms with Crippen molar-refractivity contribution in [1.29, 1.82) is 0 Å². The molecule has 154 valence electrons. The van der Waals surface area contributed by atoms with Crippen molar-refractivity contribution in [3.05, 3.63) is 41.8 Å². The highest BCUT2D eigenvalue weighted by Crippen LogP contribution is 2.29. The van der Waals surface area contributed by atoms with Crippen molar-refractivity contribution in [2.24, 2.45) is 0 Å². The van der Waals surface area contributed by atoms with E-state index in [4.69, 9.17) is 4.74 Å². The number of sulfonamides is 2. The molecule has 1 aromatic heterocycles. The van der Waals surface area contributed by atoms with Crippen molar-refractivity contribution in [3.63, 3.8) is 0 Å². The van der Waals surface area contributed by atoms with Gasteiger partial charge in [0.05, 0.1) is 12.0 Å². The molecule has 7 nitrogen and oxygen atoms in total. The van der Waals surface area contributed by atoms with E-state index in [9.17, 15) is 16.8 Å². The van der Waals surface area contributed by atoms with Crippen molar-refractivity contribution in [3.8, 4) is 5.75 Å². The SMILES string of the molecule is COc1ccc(S(=O)(=O)NCCC2CCCCN2S(=O)(=O)c2cccs2)cc1. The molecule has 0 aliphatic carbocycles. The summed E-state index contributed by atoms with van der Waals surface area (Å²) in [5.74, 6) is 0.579. The van der Waals surface area contributed by atoms with E-state index in [0.717, 1.165) is 19.3 Å². The zero-order chi connectivity index (χ0) is 20.2. The maximum Gasteiger partial charge on any atom is 0.252 e. The summed E-state index contributed by atoms with van der Waals surface area (Å²) in [6.45, 7) is 0.644. The Morgan fingerprint density at radius 2 is 1.89 bits per heavy atom. The zero-order valence-electron chi connectivity index (χ0n) is 15.6. The van der Waals surface area contributed by atoms with Gasteiger partial charge in [-0.15, -0.1) is 11.3 Å². The number of hydrogen-bond donors (Lipinski definition) is 1. The molecule has 10 heteroatoms. The van der Waals surface area contributed by atoms with Crippen LogP contribution < -0.4 is 9.46 Å². The fraction of sp³-hybridized carbons (Fsp3) is 0.444. The van der Waals surface area contributed by atoms with E-state index in [0.29, 0.717) is 22.9 Å². The predicted molar refractivity (Wildman–Crippen MR) is 109 cm³/mol. The van der Waals surface area contributed by atoms with Gasteiger partial charge in [-0.25, -0.2) is 21.6 Å². The van der Waals surface area contributed by atoms with Crippen LogP contribution in [-0.2, 0) is 20.0 Å². The normalized spacial score (nSPS) is 18.8. The Hall–Kier alpha value is -1.46. The molecule has 0 spiro atoms. The van der Waals surface area contributed by atoms with Gasteiger partial charge in [-0.2, -0.15) is 4.31 Å². The van der Waals surface area contributed by atoms with E-state index in [2.05, 4.69) is 4.72 Å². The van der Waals surface area contributed by atoms with Crippen LogP contribution in [0.5, 0.6) is 5.75 Å². The third-order valence-electron chi connectivity index (χ3n) is 4.77. The lowest BCUT2D eigenvalue weighted by molar-refractivity contribution is 0.242. The Morgan fingerprint density at radius 3 is 2.54 bits per heavy atom. The highest BCUT2D eigenvalue weighted by Gasteiger charge is 2.34. The lowest BCUT2D eigenvalue weighted by Gasteiger charge is -2.34. The van der Waals surface area contributed by atoms with Crippen LogP contribution >= 0.6 is 11.3 Å². The van der Waals surface area contributed by atoms with Crippen molar-refractivity contribution in [1.82, 2.24) is 9.03 Å². The van der Waals surface area contributed by atoms with Gasteiger partial charge in [0.25, 0.3) is 10.0 Å². The maximum atomic E-state index is 12.9. The fourth-order valence-corrected chi connectivity index (χ4v) is 7.19. The van der Waals surface area contributed by atoms with Crippen LogP contribution in [0.25, 0.3) is 0 Å². The fourth-order valence-electron chi connectivity index (χ4n) is 3.30. The first-order chi connectivity index (χ1) is 13.3. The number of nitrogens with one attached hydrogen (secondary N) is 1. The number of methoxy groups -OCH3 is 1. The second kappa shape index (κ2) is 8.91. The number of thiophene rings is 1. The number of nitrogens with zero attached hydrogens (tertiary/aromatic N) is 1. The van der Waals surface area contributed by atoms with Crippen LogP contribution in [-0.4, -0.2) is 47.4 Å². The Bertz CT molecular complexity index is 971. The first-order valence-corrected chi connectivity index (χ1v) is 12.8. The van der Waals surface area contributed by atoms with E-state index in [1.807, 2.05) is 0 Å². The molecule has 0 amide bonds. The van der Waals surface area contributed by atoms with E-state index in [1.165, 1.54) is 34.9 Å². The lowest BCUT2D eigenvalue weighted by Crippen LogP contribution is -2.44. The molecule has 1 aliphatic rings. The van der Waals surface area contributed by atoms with Crippen LogP contribution in [0.1, 0.15) is 25.7 Å². The van der Waals surface area contributed by atoms with Gasteiger partial charge in [0, 0.05) is 19.1 Å². The van der Waals surface area contributed by atoms with Gasteiger partial charge >= 0.3 is 0 Å². The second-order valence-corrected chi connectivity index (χ2v) is 11.4. The molecule has 1 saturated heterocycles. The highest BCUT2D eigenvalue weighted by atomic mass is 32.2. The molecule has 28 heavy (non-hydrogen) atoms. The van der Waals surface area contributed by atoms with E-state index < -0.39 is 20.0 Å². The van der Waals surface area contributed by atoms with E-state index in [-0.39, 0.29) is 17.5 Å². The first kappa shape index (κ1) is 21.3. The maximum absolute atomic E-state index is 12.9. The summed E-state index contributed by atoms with van der Waals surface area (Å²) in [5.41, 5.74) is 0. The Labute approximate surface area is 170 Å². The predicted octanol–water partition coefficient (Wildman–Crippen LogP) is 2.67. The Kier molecular flexibility index (Phi) is 6.77. The molecule has 0 saturated carbocycles. The number of piperidine rings is 1. The van der Waals surface area contributed by atoms with Crippen LogP contribution in [0.15, 0.2) is 50.9 Å². The molecule has 1 aliphatic heterocycles. The summed E-state index contributed by atoms with van der Waals surface area (Å²) in [4.78, 5) is 0.153.